The first-order valence-electron chi connectivity index (χ1n) is 14.1. The Bertz CT molecular complexity index is 1080. The van der Waals surface area contributed by atoms with Crippen LogP contribution in [0.1, 0.15) is 44.1 Å². The van der Waals surface area contributed by atoms with Crippen LogP contribution in [0.4, 0.5) is 10.3 Å². The average molecular weight is 579 g/mol. The van der Waals surface area contributed by atoms with Crippen molar-refractivity contribution in [3.8, 4) is 5.75 Å². The van der Waals surface area contributed by atoms with Crippen LogP contribution in [0.15, 0.2) is 30.6 Å². The highest BCUT2D eigenvalue weighted by molar-refractivity contribution is 6.30. The maximum absolute atomic E-state index is 14.7. The molecule has 2 saturated heterocycles. The van der Waals surface area contributed by atoms with E-state index in [0.717, 1.165) is 44.7 Å². The molecule has 3 heterocycles. The van der Waals surface area contributed by atoms with Gasteiger partial charge < -0.3 is 29.9 Å². The normalized spacial score (nSPS) is 16.7. The van der Waals surface area contributed by atoms with Gasteiger partial charge in [0.05, 0.1) is 50.3 Å². The van der Waals surface area contributed by atoms with E-state index in [1.165, 1.54) is 6.07 Å². The number of aliphatic hydroxyl groups is 3. The lowest BCUT2D eigenvalue weighted by atomic mass is 9.81. The quantitative estimate of drug-likeness (QED) is 0.293. The highest BCUT2D eigenvalue weighted by Gasteiger charge is 2.34. The van der Waals surface area contributed by atoms with Crippen molar-refractivity contribution in [3.05, 3.63) is 47.0 Å². The van der Waals surface area contributed by atoms with Gasteiger partial charge in [0.1, 0.15) is 11.6 Å². The van der Waals surface area contributed by atoms with Crippen LogP contribution in [-0.2, 0) is 11.2 Å². The molecule has 2 aliphatic heterocycles. The number of aromatic nitrogens is 2. The Labute approximate surface area is 239 Å². The summed E-state index contributed by atoms with van der Waals surface area (Å²) in [4.78, 5) is 25.1. The molecule has 1 aromatic carbocycles. The summed E-state index contributed by atoms with van der Waals surface area (Å²) in [5.74, 6) is 1.47. The van der Waals surface area contributed by atoms with Crippen molar-refractivity contribution in [1.82, 2.24) is 14.9 Å². The summed E-state index contributed by atoms with van der Waals surface area (Å²) in [5.41, 5.74) is -0.541. The van der Waals surface area contributed by atoms with Gasteiger partial charge in [0.2, 0.25) is 11.9 Å². The number of hydrogen-bond donors (Lipinski definition) is 3. The SMILES string of the molecule is O=C(Cc1ccc(OCCCC2CCN(c3ncc(Cl)cn3)CC2)cc1F)N1CC(CCC(CO)(CO)CO)C1. The summed E-state index contributed by atoms with van der Waals surface area (Å²) < 4.78 is 20.5. The van der Waals surface area contributed by atoms with Crippen molar-refractivity contribution in [2.75, 3.05) is 57.5 Å². The second kappa shape index (κ2) is 14.4. The summed E-state index contributed by atoms with van der Waals surface area (Å²) >= 11 is 5.87. The summed E-state index contributed by atoms with van der Waals surface area (Å²) in [6.45, 7) is 2.61. The number of carbonyl (C=O) groups excluding carboxylic acids is 1. The Kier molecular flexibility index (Phi) is 10.9. The maximum Gasteiger partial charge on any atom is 0.227 e. The number of amides is 1. The van der Waals surface area contributed by atoms with Gasteiger partial charge in [-0.3, -0.25) is 4.79 Å². The number of nitrogens with zero attached hydrogens (tertiary/aromatic N) is 4. The van der Waals surface area contributed by atoms with E-state index in [0.29, 0.717) is 54.8 Å². The van der Waals surface area contributed by atoms with Crippen molar-refractivity contribution >= 4 is 23.5 Å². The van der Waals surface area contributed by atoms with Crippen molar-refractivity contribution < 1.29 is 29.2 Å². The highest BCUT2D eigenvalue weighted by Crippen LogP contribution is 2.30. The number of rotatable bonds is 14. The number of aliphatic hydroxyl groups excluding tert-OH is 3. The molecule has 0 radical (unpaired) electrons. The minimum Gasteiger partial charge on any atom is -0.493 e. The molecule has 2 fully saturated rings. The number of benzene rings is 1. The lowest BCUT2D eigenvalue weighted by Crippen LogP contribution is -2.51. The van der Waals surface area contributed by atoms with Crippen molar-refractivity contribution in [1.29, 1.82) is 0 Å². The van der Waals surface area contributed by atoms with Gasteiger partial charge in [-0.05, 0) is 62.0 Å². The van der Waals surface area contributed by atoms with Crippen LogP contribution >= 0.6 is 11.6 Å². The second-order valence-electron chi connectivity index (χ2n) is 11.2. The lowest BCUT2D eigenvalue weighted by Gasteiger charge is -2.41. The molecule has 0 spiro atoms. The molecule has 2 aromatic rings. The van der Waals surface area contributed by atoms with E-state index in [-0.39, 0.29) is 38.1 Å². The molecule has 0 unspecified atom stereocenters. The lowest BCUT2D eigenvalue weighted by molar-refractivity contribution is -0.137. The number of piperidine rings is 1. The van der Waals surface area contributed by atoms with Crippen LogP contribution in [-0.4, -0.2) is 88.7 Å². The van der Waals surface area contributed by atoms with Gasteiger partial charge in [0.25, 0.3) is 0 Å². The number of halogens is 2. The predicted molar refractivity (Wildman–Crippen MR) is 150 cm³/mol. The smallest absolute Gasteiger partial charge is 0.227 e. The standard InChI is InChI=1S/C29H40ClFN4O5/c30-24-14-32-28(33-15-24)34-9-6-21(7-10-34)2-1-11-40-25-4-3-23(26(31)13-25)12-27(39)35-16-22(17-35)5-8-29(18-36,19-37)20-38/h3-4,13-15,21-22,36-38H,1-2,5-12,16-20H2. The molecule has 0 aliphatic carbocycles. The van der Waals surface area contributed by atoms with Crippen LogP contribution in [0.3, 0.4) is 0 Å². The molecular weight excluding hydrogens is 539 g/mol. The average Bonchev–Trinajstić information content (AvgIpc) is 2.95. The predicted octanol–water partition coefficient (Wildman–Crippen LogP) is 3.09. The minimum absolute atomic E-state index is 0.00749. The molecular formula is C29H40ClFN4O5. The van der Waals surface area contributed by atoms with Crippen LogP contribution in [0, 0.1) is 23.1 Å². The molecule has 0 saturated carbocycles. The molecule has 0 bridgehead atoms. The van der Waals surface area contributed by atoms with Gasteiger partial charge >= 0.3 is 0 Å². The summed E-state index contributed by atoms with van der Waals surface area (Å²) in [5, 5.41) is 28.9. The molecule has 9 nitrogen and oxygen atoms in total. The Morgan fingerprint density at radius 3 is 2.35 bits per heavy atom. The van der Waals surface area contributed by atoms with Gasteiger partial charge in [-0.15, -0.1) is 0 Å². The Morgan fingerprint density at radius 1 is 1.05 bits per heavy atom. The summed E-state index contributed by atoms with van der Waals surface area (Å²) in [6, 6.07) is 4.68. The molecule has 11 heteroatoms. The molecule has 4 rings (SSSR count). The number of hydrogen-bond acceptors (Lipinski definition) is 8. The third-order valence-corrected chi connectivity index (χ3v) is 8.49. The minimum atomic E-state index is -0.885. The van der Waals surface area contributed by atoms with Crippen molar-refractivity contribution in [2.24, 2.45) is 17.3 Å². The first kappa shape index (κ1) is 30.4. The molecule has 2 aliphatic rings. The Hall–Kier alpha value is -2.53. The number of carbonyl (C=O) groups is 1. The Balaban J connectivity index is 1.12. The topological polar surface area (TPSA) is 119 Å². The molecule has 1 amide bonds. The monoisotopic (exact) mass is 578 g/mol. The van der Waals surface area contributed by atoms with E-state index in [2.05, 4.69) is 14.9 Å². The molecule has 40 heavy (non-hydrogen) atoms. The third kappa shape index (κ3) is 8.02. The van der Waals surface area contributed by atoms with Gasteiger partial charge in [0, 0.05) is 37.7 Å². The van der Waals surface area contributed by atoms with E-state index in [9.17, 15) is 24.5 Å². The van der Waals surface area contributed by atoms with E-state index >= 15 is 0 Å². The fourth-order valence-electron chi connectivity index (χ4n) is 5.34. The van der Waals surface area contributed by atoms with Crippen molar-refractivity contribution in [3.63, 3.8) is 0 Å². The van der Waals surface area contributed by atoms with Crippen LogP contribution in [0.2, 0.25) is 5.02 Å². The van der Waals surface area contributed by atoms with Gasteiger partial charge in [0.15, 0.2) is 0 Å². The fraction of sp³-hybridized carbons (Fsp3) is 0.621. The summed E-state index contributed by atoms with van der Waals surface area (Å²) in [6.07, 6.45) is 8.47. The zero-order chi connectivity index (χ0) is 28.5. The maximum atomic E-state index is 14.7. The van der Waals surface area contributed by atoms with Crippen LogP contribution < -0.4 is 9.64 Å². The van der Waals surface area contributed by atoms with Crippen LogP contribution in [0.25, 0.3) is 0 Å². The van der Waals surface area contributed by atoms with Gasteiger partial charge in [-0.2, -0.15) is 0 Å². The van der Waals surface area contributed by atoms with Gasteiger partial charge in [-0.25, -0.2) is 14.4 Å². The van der Waals surface area contributed by atoms with E-state index in [1.807, 2.05) is 0 Å². The van der Waals surface area contributed by atoms with E-state index in [1.54, 1.807) is 29.4 Å². The van der Waals surface area contributed by atoms with E-state index in [4.69, 9.17) is 16.3 Å². The fourth-order valence-corrected chi connectivity index (χ4v) is 5.44. The molecule has 3 N–H and O–H groups in total. The first-order chi connectivity index (χ1) is 19.3. The summed E-state index contributed by atoms with van der Waals surface area (Å²) in [7, 11) is 0. The zero-order valence-electron chi connectivity index (χ0n) is 22.9. The second-order valence-corrected chi connectivity index (χ2v) is 11.7. The largest absolute Gasteiger partial charge is 0.493 e. The first-order valence-corrected chi connectivity index (χ1v) is 14.5. The molecule has 1 aromatic heterocycles. The zero-order valence-corrected chi connectivity index (χ0v) is 23.6. The molecule has 220 valence electrons. The highest BCUT2D eigenvalue weighted by atomic mass is 35.5. The number of anilines is 1. The third-order valence-electron chi connectivity index (χ3n) is 8.29. The van der Waals surface area contributed by atoms with Gasteiger partial charge in [-0.1, -0.05) is 17.7 Å². The van der Waals surface area contributed by atoms with E-state index < -0.39 is 11.2 Å². The number of likely N-dealkylation sites (tertiary alicyclic amines) is 1. The van der Waals surface area contributed by atoms with Crippen LogP contribution in [0.5, 0.6) is 5.75 Å². The number of ether oxygens (including phenoxy) is 1. The van der Waals surface area contributed by atoms with Crippen molar-refractivity contribution in [2.45, 2.75) is 44.9 Å². The Morgan fingerprint density at radius 2 is 1.73 bits per heavy atom. The molecule has 0 atom stereocenters.